The van der Waals surface area contributed by atoms with Gasteiger partial charge >= 0.3 is 0 Å². The number of carbonyl (C=O) groups is 3. The van der Waals surface area contributed by atoms with Gasteiger partial charge in [-0.2, -0.15) is 0 Å². The van der Waals surface area contributed by atoms with E-state index in [1.54, 1.807) is 32.0 Å². The molecule has 0 radical (unpaired) electrons. The van der Waals surface area contributed by atoms with Gasteiger partial charge in [0.2, 0.25) is 5.91 Å². The molecular weight excluding hydrogens is 476 g/mol. The fraction of sp³-hybridized carbons (Fsp3) is 0.462. The fourth-order valence-electron chi connectivity index (χ4n) is 5.07. The monoisotopic (exact) mass is 506 g/mol. The molecule has 0 spiro atoms. The Balaban J connectivity index is 1.19. The SMILES string of the molecule is CC(=O)NC1CCC(C2CC(c3cc(C(=O)NCc4ccc5c(c4)NC(=O)CO5)nc(C)n3)=NO2)CC1. The number of amides is 3. The van der Waals surface area contributed by atoms with Crippen LogP contribution >= 0.6 is 0 Å². The van der Waals surface area contributed by atoms with Gasteiger partial charge in [-0.15, -0.1) is 0 Å². The lowest BCUT2D eigenvalue weighted by Crippen LogP contribution is -2.38. The van der Waals surface area contributed by atoms with E-state index < -0.39 is 0 Å². The van der Waals surface area contributed by atoms with Crippen LogP contribution in [0.15, 0.2) is 29.4 Å². The van der Waals surface area contributed by atoms with Crippen molar-refractivity contribution in [1.82, 2.24) is 20.6 Å². The normalized spacial score (nSPS) is 22.6. The zero-order valence-corrected chi connectivity index (χ0v) is 20.9. The van der Waals surface area contributed by atoms with Crippen molar-refractivity contribution in [3.05, 3.63) is 47.0 Å². The maximum absolute atomic E-state index is 12.9. The van der Waals surface area contributed by atoms with Crippen molar-refractivity contribution in [1.29, 1.82) is 0 Å². The number of aromatic nitrogens is 2. The van der Waals surface area contributed by atoms with E-state index in [9.17, 15) is 14.4 Å². The number of benzene rings is 1. The van der Waals surface area contributed by atoms with Crippen LogP contribution in [-0.4, -0.2) is 52.2 Å². The molecule has 1 aliphatic carbocycles. The highest BCUT2D eigenvalue weighted by Gasteiger charge is 2.34. The summed E-state index contributed by atoms with van der Waals surface area (Å²) in [5.41, 5.74) is 2.94. The van der Waals surface area contributed by atoms with Crippen molar-refractivity contribution in [3.8, 4) is 5.75 Å². The Hall–Kier alpha value is -4.02. The standard InChI is InChI=1S/C26H30N6O5/c1-14-28-19(20-11-24(37-32-20)17-4-6-18(7-5-17)30-15(2)33)10-22(29-14)26(35)27-12-16-3-8-23-21(9-16)31-25(34)13-36-23/h3,8-10,17-18,24H,4-7,11-13H2,1-2H3,(H,27,35)(H,30,33)(H,31,34). The Labute approximate surface area is 214 Å². The van der Waals surface area contributed by atoms with Crippen LogP contribution in [0, 0.1) is 12.8 Å². The maximum atomic E-state index is 12.9. The summed E-state index contributed by atoms with van der Waals surface area (Å²) in [6.07, 6.45) is 4.38. The van der Waals surface area contributed by atoms with Gasteiger partial charge in [-0.3, -0.25) is 14.4 Å². The minimum Gasteiger partial charge on any atom is -0.482 e. The van der Waals surface area contributed by atoms with Crippen molar-refractivity contribution >= 4 is 29.1 Å². The van der Waals surface area contributed by atoms with Crippen molar-refractivity contribution in [2.45, 2.75) is 64.6 Å². The summed E-state index contributed by atoms with van der Waals surface area (Å²) in [6.45, 7) is 3.54. The van der Waals surface area contributed by atoms with E-state index in [1.165, 1.54) is 0 Å². The number of hydrogen-bond acceptors (Lipinski definition) is 8. The van der Waals surface area contributed by atoms with Gasteiger partial charge in [0.1, 0.15) is 29.1 Å². The molecule has 1 aromatic carbocycles. The number of fused-ring (bicyclic) bond motifs is 1. The number of nitrogens with zero attached hydrogens (tertiary/aromatic N) is 3. The number of carbonyl (C=O) groups excluding carboxylic acids is 3. The molecule has 1 aromatic heterocycles. The smallest absolute Gasteiger partial charge is 0.270 e. The third-order valence-electron chi connectivity index (χ3n) is 6.89. The molecule has 1 unspecified atom stereocenters. The molecule has 1 saturated carbocycles. The first-order chi connectivity index (χ1) is 17.8. The molecule has 1 fully saturated rings. The van der Waals surface area contributed by atoms with Crippen molar-refractivity contribution < 1.29 is 24.0 Å². The van der Waals surface area contributed by atoms with Gasteiger partial charge in [-0.25, -0.2) is 9.97 Å². The molecule has 3 N–H and O–H groups in total. The van der Waals surface area contributed by atoms with Gasteiger partial charge in [0, 0.05) is 25.9 Å². The highest BCUT2D eigenvalue weighted by Crippen LogP contribution is 2.33. The van der Waals surface area contributed by atoms with Gasteiger partial charge in [0.25, 0.3) is 11.8 Å². The van der Waals surface area contributed by atoms with Crippen LogP contribution < -0.4 is 20.7 Å². The lowest BCUT2D eigenvalue weighted by molar-refractivity contribution is -0.120. The topological polar surface area (TPSA) is 144 Å². The Kier molecular flexibility index (Phi) is 7.02. The van der Waals surface area contributed by atoms with Crippen LogP contribution in [-0.2, 0) is 21.0 Å². The molecule has 5 rings (SSSR count). The number of oxime groups is 1. The Bertz CT molecular complexity index is 1250. The molecule has 2 aliphatic heterocycles. The average Bonchev–Trinajstić information content (AvgIpc) is 3.37. The molecule has 3 aliphatic rings. The quantitative estimate of drug-likeness (QED) is 0.545. The zero-order valence-electron chi connectivity index (χ0n) is 20.9. The number of aryl methyl sites for hydroxylation is 1. The van der Waals surface area contributed by atoms with Crippen LogP contribution in [0.25, 0.3) is 0 Å². The third-order valence-corrected chi connectivity index (χ3v) is 6.89. The van der Waals surface area contributed by atoms with Crippen LogP contribution in [0.4, 0.5) is 5.69 Å². The van der Waals surface area contributed by atoms with Crippen molar-refractivity contribution in [2.24, 2.45) is 11.1 Å². The first-order valence-corrected chi connectivity index (χ1v) is 12.5. The first kappa shape index (κ1) is 24.7. The molecule has 0 bridgehead atoms. The summed E-state index contributed by atoms with van der Waals surface area (Å²) in [6, 6.07) is 7.25. The largest absolute Gasteiger partial charge is 0.482 e. The maximum Gasteiger partial charge on any atom is 0.270 e. The Morgan fingerprint density at radius 2 is 1.95 bits per heavy atom. The highest BCUT2D eigenvalue weighted by atomic mass is 16.6. The van der Waals surface area contributed by atoms with Crippen molar-refractivity contribution in [2.75, 3.05) is 11.9 Å². The molecule has 2 aromatic rings. The number of hydrogen-bond donors (Lipinski definition) is 3. The molecular formula is C26H30N6O5. The third kappa shape index (κ3) is 5.87. The van der Waals surface area contributed by atoms with Gasteiger partial charge in [-0.05, 0) is 62.3 Å². The molecule has 11 heteroatoms. The van der Waals surface area contributed by atoms with E-state index >= 15 is 0 Å². The molecule has 11 nitrogen and oxygen atoms in total. The minimum atomic E-state index is -0.336. The predicted octanol–water partition coefficient (Wildman–Crippen LogP) is 2.23. The zero-order chi connectivity index (χ0) is 25.9. The summed E-state index contributed by atoms with van der Waals surface area (Å²) >= 11 is 0. The van der Waals surface area contributed by atoms with E-state index in [0.717, 1.165) is 31.2 Å². The molecule has 37 heavy (non-hydrogen) atoms. The second-order valence-electron chi connectivity index (χ2n) is 9.73. The summed E-state index contributed by atoms with van der Waals surface area (Å²) in [5, 5.41) is 12.9. The van der Waals surface area contributed by atoms with Crippen LogP contribution in [0.5, 0.6) is 5.75 Å². The molecule has 3 amide bonds. The van der Waals surface area contributed by atoms with Gasteiger partial charge in [0.05, 0.1) is 11.4 Å². The number of anilines is 1. The van der Waals surface area contributed by atoms with Crippen LogP contribution in [0.1, 0.15) is 66.6 Å². The molecule has 1 atom stereocenters. The number of rotatable bonds is 6. The predicted molar refractivity (Wildman–Crippen MR) is 134 cm³/mol. The van der Waals surface area contributed by atoms with Crippen LogP contribution in [0.2, 0.25) is 0 Å². The fourth-order valence-corrected chi connectivity index (χ4v) is 5.07. The first-order valence-electron chi connectivity index (χ1n) is 12.5. The van der Waals surface area contributed by atoms with Crippen LogP contribution in [0.3, 0.4) is 0 Å². The van der Waals surface area contributed by atoms with Crippen molar-refractivity contribution in [3.63, 3.8) is 0 Å². The lowest BCUT2D eigenvalue weighted by Gasteiger charge is -2.31. The lowest BCUT2D eigenvalue weighted by atomic mass is 9.81. The second kappa shape index (κ2) is 10.5. The minimum absolute atomic E-state index is 0.00468. The van der Waals surface area contributed by atoms with E-state index in [2.05, 4.69) is 31.1 Å². The highest BCUT2D eigenvalue weighted by molar-refractivity contribution is 6.02. The van der Waals surface area contributed by atoms with E-state index in [0.29, 0.717) is 41.0 Å². The van der Waals surface area contributed by atoms with E-state index in [4.69, 9.17) is 9.57 Å². The van der Waals surface area contributed by atoms with E-state index in [1.807, 2.05) is 6.07 Å². The van der Waals surface area contributed by atoms with Gasteiger partial charge in [0.15, 0.2) is 6.61 Å². The Morgan fingerprint density at radius 3 is 2.73 bits per heavy atom. The van der Waals surface area contributed by atoms with Gasteiger partial charge in [-0.1, -0.05) is 11.2 Å². The van der Waals surface area contributed by atoms with Gasteiger partial charge < -0.3 is 25.5 Å². The number of nitrogens with one attached hydrogen (secondary N) is 3. The second-order valence-corrected chi connectivity index (χ2v) is 9.73. The molecule has 194 valence electrons. The Morgan fingerprint density at radius 1 is 1.14 bits per heavy atom. The summed E-state index contributed by atoms with van der Waals surface area (Å²) < 4.78 is 5.37. The number of ether oxygens (including phenoxy) is 1. The molecule has 0 saturated heterocycles. The summed E-state index contributed by atoms with van der Waals surface area (Å²) in [5.74, 6) is 0.899. The van der Waals surface area contributed by atoms with E-state index in [-0.39, 0.29) is 48.7 Å². The summed E-state index contributed by atoms with van der Waals surface area (Å²) in [7, 11) is 0. The summed E-state index contributed by atoms with van der Waals surface area (Å²) in [4.78, 5) is 50.4. The molecule has 3 heterocycles. The average molecular weight is 507 g/mol.